The Morgan fingerprint density at radius 2 is 1.68 bits per heavy atom. The van der Waals surface area contributed by atoms with Crippen LogP contribution in [-0.2, 0) is 4.79 Å². The van der Waals surface area contributed by atoms with Crippen molar-refractivity contribution >= 4 is 29.6 Å². The predicted molar refractivity (Wildman–Crippen MR) is 106 cm³/mol. The molecule has 0 aliphatic carbocycles. The van der Waals surface area contributed by atoms with Crippen LogP contribution in [0.2, 0.25) is 5.02 Å². The van der Waals surface area contributed by atoms with Gasteiger partial charge in [-0.3, -0.25) is 9.59 Å². The Morgan fingerprint density at radius 1 is 1.00 bits per heavy atom. The molecule has 0 bridgehead atoms. The first-order valence-corrected chi connectivity index (χ1v) is 8.52. The zero-order valence-electron chi connectivity index (χ0n) is 15.6. The second-order valence-corrected chi connectivity index (χ2v) is 5.85. The average molecular weight is 406 g/mol. The molecule has 0 saturated carbocycles. The molecule has 2 aromatic carbocycles. The van der Waals surface area contributed by atoms with E-state index >= 15 is 0 Å². The SMILES string of the molecule is COc1ccc(/C=N/NC(=O)CNC(=O)c2ccc(OC)c(OC)c2)cc1Cl. The first-order valence-electron chi connectivity index (χ1n) is 8.14. The molecule has 0 aromatic heterocycles. The first kappa shape index (κ1) is 21.0. The zero-order chi connectivity index (χ0) is 20.5. The maximum atomic E-state index is 12.2. The van der Waals surface area contributed by atoms with Gasteiger partial charge in [0.2, 0.25) is 0 Å². The highest BCUT2D eigenvalue weighted by molar-refractivity contribution is 6.32. The van der Waals surface area contributed by atoms with E-state index < -0.39 is 11.8 Å². The number of nitrogens with zero attached hydrogens (tertiary/aromatic N) is 1. The van der Waals surface area contributed by atoms with Crippen LogP contribution >= 0.6 is 11.6 Å². The van der Waals surface area contributed by atoms with E-state index in [1.54, 1.807) is 30.3 Å². The van der Waals surface area contributed by atoms with Gasteiger partial charge in [-0.25, -0.2) is 5.43 Å². The molecular formula is C19H20ClN3O5. The molecule has 9 heteroatoms. The van der Waals surface area contributed by atoms with E-state index in [9.17, 15) is 9.59 Å². The number of nitrogens with one attached hydrogen (secondary N) is 2. The number of carbonyl (C=O) groups excluding carboxylic acids is 2. The molecule has 0 atom stereocenters. The summed E-state index contributed by atoms with van der Waals surface area (Å²) in [6, 6.07) is 9.78. The Morgan fingerprint density at radius 3 is 2.32 bits per heavy atom. The second-order valence-electron chi connectivity index (χ2n) is 5.44. The number of hydrogen-bond donors (Lipinski definition) is 2. The molecule has 28 heavy (non-hydrogen) atoms. The van der Waals surface area contributed by atoms with Crippen molar-refractivity contribution in [3.63, 3.8) is 0 Å². The molecule has 0 spiro atoms. The molecule has 0 radical (unpaired) electrons. The summed E-state index contributed by atoms with van der Waals surface area (Å²) in [5, 5.41) is 6.76. The second kappa shape index (κ2) is 10.2. The lowest BCUT2D eigenvalue weighted by molar-refractivity contribution is -0.120. The van der Waals surface area contributed by atoms with Gasteiger partial charge in [0.1, 0.15) is 5.75 Å². The summed E-state index contributed by atoms with van der Waals surface area (Å²) in [5.41, 5.74) is 3.34. The Balaban J connectivity index is 1.86. The van der Waals surface area contributed by atoms with E-state index in [2.05, 4.69) is 15.8 Å². The van der Waals surface area contributed by atoms with E-state index in [1.165, 1.54) is 33.6 Å². The molecule has 148 valence electrons. The van der Waals surface area contributed by atoms with Crippen molar-refractivity contribution < 1.29 is 23.8 Å². The highest BCUT2D eigenvalue weighted by atomic mass is 35.5. The number of halogens is 1. The van der Waals surface area contributed by atoms with Gasteiger partial charge in [0, 0.05) is 5.56 Å². The number of rotatable bonds is 8. The molecular weight excluding hydrogens is 386 g/mol. The summed E-state index contributed by atoms with van der Waals surface area (Å²) in [6.45, 7) is -0.242. The summed E-state index contributed by atoms with van der Waals surface area (Å²) in [6.07, 6.45) is 1.43. The number of methoxy groups -OCH3 is 3. The third-order valence-corrected chi connectivity index (χ3v) is 3.93. The smallest absolute Gasteiger partial charge is 0.259 e. The number of benzene rings is 2. The Labute approximate surface area is 167 Å². The number of ether oxygens (including phenoxy) is 3. The van der Waals surface area contributed by atoms with Crippen molar-refractivity contribution in [2.75, 3.05) is 27.9 Å². The van der Waals surface area contributed by atoms with Crippen molar-refractivity contribution in [2.45, 2.75) is 0 Å². The Bertz CT molecular complexity index is 886. The van der Waals surface area contributed by atoms with Gasteiger partial charge in [0.25, 0.3) is 11.8 Å². The summed E-state index contributed by atoms with van der Waals surface area (Å²) in [7, 11) is 4.49. The molecule has 0 unspecified atom stereocenters. The van der Waals surface area contributed by atoms with E-state index in [0.717, 1.165) is 0 Å². The van der Waals surface area contributed by atoms with Crippen LogP contribution in [0.4, 0.5) is 0 Å². The molecule has 0 saturated heterocycles. The van der Waals surface area contributed by atoms with Crippen LogP contribution in [0.1, 0.15) is 15.9 Å². The normalized spacial score (nSPS) is 10.4. The molecule has 0 heterocycles. The van der Waals surface area contributed by atoms with Crippen LogP contribution in [0.3, 0.4) is 0 Å². The number of carbonyl (C=O) groups is 2. The third kappa shape index (κ3) is 5.62. The third-order valence-electron chi connectivity index (χ3n) is 3.63. The molecule has 2 N–H and O–H groups in total. The molecule has 0 aliphatic rings. The predicted octanol–water partition coefficient (Wildman–Crippen LogP) is 2.25. The minimum atomic E-state index is -0.482. The Hall–Kier alpha value is -3.26. The van der Waals surface area contributed by atoms with Gasteiger partial charge in [0.15, 0.2) is 11.5 Å². The van der Waals surface area contributed by atoms with Crippen LogP contribution in [0.25, 0.3) is 0 Å². The minimum absolute atomic E-state index is 0.242. The topological polar surface area (TPSA) is 98.2 Å². The van der Waals surface area contributed by atoms with Crippen LogP contribution in [0.5, 0.6) is 17.2 Å². The average Bonchev–Trinajstić information content (AvgIpc) is 2.71. The molecule has 2 aromatic rings. The van der Waals surface area contributed by atoms with Gasteiger partial charge >= 0.3 is 0 Å². The molecule has 8 nitrogen and oxygen atoms in total. The van der Waals surface area contributed by atoms with Gasteiger partial charge in [-0.05, 0) is 42.0 Å². The van der Waals surface area contributed by atoms with Gasteiger partial charge in [-0.1, -0.05) is 11.6 Å². The lowest BCUT2D eigenvalue weighted by Crippen LogP contribution is -2.34. The summed E-state index contributed by atoms with van der Waals surface area (Å²) < 4.78 is 15.3. The lowest BCUT2D eigenvalue weighted by Gasteiger charge is -2.09. The first-order chi connectivity index (χ1) is 13.5. The fourth-order valence-electron chi connectivity index (χ4n) is 2.22. The fourth-order valence-corrected chi connectivity index (χ4v) is 2.49. The highest BCUT2D eigenvalue weighted by Gasteiger charge is 2.11. The van der Waals surface area contributed by atoms with Gasteiger partial charge in [-0.2, -0.15) is 5.10 Å². The molecule has 0 aliphatic heterocycles. The van der Waals surface area contributed by atoms with Crippen molar-refractivity contribution in [3.05, 3.63) is 52.5 Å². The van der Waals surface area contributed by atoms with E-state index in [4.69, 9.17) is 25.8 Å². The van der Waals surface area contributed by atoms with Crippen LogP contribution in [0, 0.1) is 0 Å². The Kier molecular flexibility index (Phi) is 7.65. The standard InChI is InChI=1S/C19H20ClN3O5/c1-26-15-6-4-12(8-14(15)20)10-22-23-18(24)11-21-19(25)13-5-7-16(27-2)17(9-13)28-3/h4-10H,11H2,1-3H3,(H,21,25)(H,23,24)/b22-10+. The number of hydrazone groups is 1. The van der Waals surface area contributed by atoms with Gasteiger partial charge in [0.05, 0.1) is 39.1 Å². The van der Waals surface area contributed by atoms with Crippen molar-refractivity contribution in [2.24, 2.45) is 5.10 Å². The van der Waals surface area contributed by atoms with Crippen molar-refractivity contribution in [3.8, 4) is 17.2 Å². The zero-order valence-corrected chi connectivity index (χ0v) is 16.4. The summed E-state index contributed by atoms with van der Waals surface area (Å²) >= 11 is 6.02. The van der Waals surface area contributed by atoms with E-state index in [-0.39, 0.29) is 6.54 Å². The van der Waals surface area contributed by atoms with Gasteiger partial charge < -0.3 is 19.5 Å². The molecule has 0 fully saturated rings. The van der Waals surface area contributed by atoms with Crippen molar-refractivity contribution in [1.82, 2.24) is 10.7 Å². The molecule has 2 amide bonds. The van der Waals surface area contributed by atoms with Crippen LogP contribution in [-0.4, -0.2) is 45.9 Å². The quantitative estimate of drug-likeness (QED) is 0.518. The molecule has 2 rings (SSSR count). The van der Waals surface area contributed by atoms with Gasteiger partial charge in [-0.15, -0.1) is 0 Å². The summed E-state index contributed by atoms with van der Waals surface area (Å²) in [4.78, 5) is 24.0. The monoisotopic (exact) mass is 405 g/mol. The summed E-state index contributed by atoms with van der Waals surface area (Å²) in [5.74, 6) is 0.555. The van der Waals surface area contributed by atoms with Crippen LogP contribution in [0.15, 0.2) is 41.5 Å². The lowest BCUT2D eigenvalue weighted by atomic mass is 10.2. The highest BCUT2D eigenvalue weighted by Crippen LogP contribution is 2.27. The largest absolute Gasteiger partial charge is 0.495 e. The number of amides is 2. The number of hydrogen-bond acceptors (Lipinski definition) is 6. The minimum Gasteiger partial charge on any atom is -0.495 e. The van der Waals surface area contributed by atoms with Crippen molar-refractivity contribution in [1.29, 1.82) is 0 Å². The van der Waals surface area contributed by atoms with Crippen LogP contribution < -0.4 is 25.0 Å². The van der Waals surface area contributed by atoms with E-state index in [1.807, 2.05) is 0 Å². The van der Waals surface area contributed by atoms with E-state index in [0.29, 0.717) is 33.4 Å². The fraction of sp³-hybridized carbons (Fsp3) is 0.211. The maximum absolute atomic E-state index is 12.2. The maximum Gasteiger partial charge on any atom is 0.259 e.